The van der Waals surface area contributed by atoms with E-state index in [9.17, 15) is 0 Å². The van der Waals surface area contributed by atoms with E-state index in [1.54, 1.807) is 0 Å². The van der Waals surface area contributed by atoms with E-state index in [1.807, 2.05) is 0 Å². The van der Waals surface area contributed by atoms with Gasteiger partial charge in [-0.25, -0.2) is 0 Å². The molecule has 2 heteroatoms. The zero-order valence-corrected chi connectivity index (χ0v) is 7.56. The van der Waals surface area contributed by atoms with Gasteiger partial charge in [-0.1, -0.05) is 6.92 Å². The van der Waals surface area contributed by atoms with Crippen LogP contribution in [0, 0.1) is 0 Å². The Morgan fingerprint density at radius 2 is 2.17 bits per heavy atom. The highest BCUT2D eigenvalue weighted by molar-refractivity contribution is 5.13. The summed E-state index contributed by atoms with van der Waals surface area (Å²) in [6.45, 7) is 3.18. The van der Waals surface area contributed by atoms with Gasteiger partial charge in [0.05, 0.1) is 0 Å². The third kappa shape index (κ3) is 1.89. The van der Waals surface area contributed by atoms with Crippen LogP contribution in [0.1, 0.15) is 31.2 Å². The van der Waals surface area contributed by atoms with Crippen LogP contribution in [0.3, 0.4) is 0 Å². The second-order valence-electron chi connectivity index (χ2n) is 3.52. The molecule has 0 amide bonds. The zero-order valence-electron chi connectivity index (χ0n) is 7.56. The Morgan fingerprint density at radius 3 is 2.75 bits per heavy atom. The van der Waals surface area contributed by atoms with Gasteiger partial charge in [0.25, 0.3) is 0 Å². The van der Waals surface area contributed by atoms with Crippen molar-refractivity contribution in [3.8, 4) is 0 Å². The molecule has 2 N–H and O–H groups in total. The van der Waals surface area contributed by atoms with Gasteiger partial charge in [-0.2, -0.15) is 0 Å². The maximum Gasteiger partial charge on any atom is 0.0359 e. The fourth-order valence-electron chi connectivity index (χ4n) is 1.34. The molecule has 1 fully saturated rings. The Labute approximate surface area is 73.4 Å². The standard InChI is InChI=1S/C10H16N2/c1-2-8-3-6-10(12-8)7-11-9-4-5-9/h3,6,9,11-12H,2,4-5,7H2,1H3. The van der Waals surface area contributed by atoms with E-state index >= 15 is 0 Å². The number of hydrogen-bond donors (Lipinski definition) is 2. The van der Waals surface area contributed by atoms with Gasteiger partial charge in [-0.05, 0) is 31.4 Å². The molecular formula is C10H16N2. The lowest BCUT2D eigenvalue weighted by molar-refractivity contribution is 0.675. The summed E-state index contributed by atoms with van der Waals surface area (Å²) in [7, 11) is 0. The van der Waals surface area contributed by atoms with Crippen molar-refractivity contribution in [3.05, 3.63) is 23.5 Å². The van der Waals surface area contributed by atoms with Crippen LogP contribution in [-0.4, -0.2) is 11.0 Å². The Kier molecular flexibility index (Phi) is 2.17. The van der Waals surface area contributed by atoms with Crippen molar-refractivity contribution in [1.82, 2.24) is 10.3 Å². The minimum Gasteiger partial charge on any atom is -0.361 e. The van der Waals surface area contributed by atoms with E-state index in [0.29, 0.717) is 0 Å². The van der Waals surface area contributed by atoms with Crippen LogP contribution in [0.2, 0.25) is 0 Å². The second-order valence-corrected chi connectivity index (χ2v) is 3.52. The summed E-state index contributed by atoms with van der Waals surface area (Å²) in [5.41, 5.74) is 2.65. The topological polar surface area (TPSA) is 27.8 Å². The first kappa shape index (κ1) is 7.87. The quantitative estimate of drug-likeness (QED) is 0.698. The molecule has 0 spiro atoms. The molecule has 1 heterocycles. The summed E-state index contributed by atoms with van der Waals surface area (Å²) in [5, 5.41) is 3.48. The Morgan fingerprint density at radius 1 is 1.42 bits per heavy atom. The number of aromatic amines is 1. The average Bonchev–Trinajstić information content (AvgIpc) is 2.81. The highest BCUT2D eigenvalue weighted by Gasteiger charge is 2.19. The first-order valence-corrected chi connectivity index (χ1v) is 4.78. The third-order valence-corrected chi connectivity index (χ3v) is 2.35. The molecule has 0 atom stereocenters. The highest BCUT2D eigenvalue weighted by atomic mass is 15.0. The molecule has 2 rings (SSSR count). The fraction of sp³-hybridized carbons (Fsp3) is 0.600. The monoisotopic (exact) mass is 164 g/mol. The lowest BCUT2D eigenvalue weighted by Crippen LogP contribution is -2.15. The molecule has 1 aliphatic rings. The van der Waals surface area contributed by atoms with Gasteiger partial charge in [0.1, 0.15) is 0 Å². The Balaban J connectivity index is 1.84. The van der Waals surface area contributed by atoms with Crippen molar-refractivity contribution in [2.75, 3.05) is 0 Å². The van der Waals surface area contributed by atoms with Crippen molar-refractivity contribution in [2.45, 2.75) is 38.8 Å². The number of aromatic nitrogens is 1. The van der Waals surface area contributed by atoms with Crippen LogP contribution in [0.25, 0.3) is 0 Å². The second kappa shape index (κ2) is 3.31. The molecule has 1 aliphatic carbocycles. The molecule has 66 valence electrons. The Bertz CT molecular complexity index is 248. The van der Waals surface area contributed by atoms with Crippen LogP contribution < -0.4 is 5.32 Å². The minimum absolute atomic E-state index is 0.804. The molecule has 0 unspecified atom stereocenters. The van der Waals surface area contributed by atoms with Crippen LogP contribution in [0.15, 0.2) is 12.1 Å². The van der Waals surface area contributed by atoms with Gasteiger partial charge >= 0.3 is 0 Å². The summed E-state index contributed by atoms with van der Waals surface area (Å²) < 4.78 is 0. The molecule has 0 aromatic carbocycles. The van der Waals surface area contributed by atoms with E-state index in [1.165, 1.54) is 24.2 Å². The van der Waals surface area contributed by atoms with Crippen LogP contribution in [0.5, 0.6) is 0 Å². The third-order valence-electron chi connectivity index (χ3n) is 2.35. The van der Waals surface area contributed by atoms with Crippen LogP contribution in [-0.2, 0) is 13.0 Å². The van der Waals surface area contributed by atoms with Gasteiger partial charge < -0.3 is 10.3 Å². The van der Waals surface area contributed by atoms with Crippen molar-refractivity contribution in [1.29, 1.82) is 0 Å². The summed E-state index contributed by atoms with van der Waals surface area (Å²) in [6.07, 6.45) is 3.83. The van der Waals surface area contributed by atoms with E-state index in [4.69, 9.17) is 0 Å². The maximum atomic E-state index is 3.48. The maximum absolute atomic E-state index is 3.48. The smallest absolute Gasteiger partial charge is 0.0359 e. The molecule has 0 radical (unpaired) electrons. The first-order valence-electron chi connectivity index (χ1n) is 4.78. The van der Waals surface area contributed by atoms with Gasteiger partial charge in [0, 0.05) is 24.0 Å². The first-order chi connectivity index (χ1) is 5.88. The molecule has 0 bridgehead atoms. The molecule has 2 nitrogen and oxygen atoms in total. The molecule has 1 aromatic heterocycles. The number of rotatable bonds is 4. The normalized spacial score (nSPS) is 16.8. The van der Waals surface area contributed by atoms with Crippen molar-refractivity contribution in [3.63, 3.8) is 0 Å². The summed E-state index contributed by atoms with van der Waals surface area (Å²) in [4.78, 5) is 3.38. The SMILES string of the molecule is CCc1ccc(CNC2CC2)[nH]1. The number of hydrogen-bond acceptors (Lipinski definition) is 1. The summed E-state index contributed by atoms with van der Waals surface area (Å²) >= 11 is 0. The minimum atomic E-state index is 0.804. The number of nitrogens with one attached hydrogen (secondary N) is 2. The van der Waals surface area contributed by atoms with E-state index in [2.05, 4.69) is 29.4 Å². The predicted octanol–water partition coefficient (Wildman–Crippen LogP) is 1.83. The zero-order chi connectivity index (χ0) is 8.39. The Hall–Kier alpha value is -0.760. The predicted molar refractivity (Wildman–Crippen MR) is 50.0 cm³/mol. The van der Waals surface area contributed by atoms with E-state index < -0.39 is 0 Å². The lowest BCUT2D eigenvalue weighted by Gasteiger charge is -1.98. The average molecular weight is 164 g/mol. The van der Waals surface area contributed by atoms with E-state index in [-0.39, 0.29) is 0 Å². The molecule has 1 aromatic rings. The number of H-pyrrole nitrogens is 1. The van der Waals surface area contributed by atoms with Crippen molar-refractivity contribution < 1.29 is 0 Å². The molecule has 0 aliphatic heterocycles. The molecular weight excluding hydrogens is 148 g/mol. The lowest BCUT2D eigenvalue weighted by atomic mass is 10.3. The van der Waals surface area contributed by atoms with Gasteiger partial charge in [0.15, 0.2) is 0 Å². The highest BCUT2D eigenvalue weighted by Crippen LogP contribution is 2.19. The van der Waals surface area contributed by atoms with Crippen LogP contribution in [0.4, 0.5) is 0 Å². The summed E-state index contributed by atoms with van der Waals surface area (Å²) in [6, 6.07) is 5.15. The van der Waals surface area contributed by atoms with Crippen LogP contribution >= 0.6 is 0 Å². The fourth-order valence-corrected chi connectivity index (χ4v) is 1.34. The van der Waals surface area contributed by atoms with Crippen molar-refractivity contribution in [2.24, 2.45) is 0 Å². The molecule has 1 saturated carbocycles. The summed E-state index contributed by atoms with van der Waals surface area (Å²) in [5.74, 6) is 0. The van der Waals surface area contributed by atoms with Gasteiger partial charge in [0.2, 0.25) is 0 Å². The van der Waals surface area contributed by atoms with E-state index in [0.717, 1.165) is 19.0 Å². The van der Waals surface area contributed by atoms with Crippen molar-refractivity contribution >= 4 is 0 Å². The molecule has 0 saturated heterocycles. The van der Waals surface area contributed by atoms with Gasteiger partial charge in [-0.3, -0.25) is 0 Å². The largest absolute Gasteiger partial charge is 0.361 e. The molecule has 12 heavy (non-hydrogen) atoms. The number of aryl methyl sites for hydroxylation is 1. The van der Waals surface area contributed by atoms with Gasteiger partial charge in [-0.15, -0.1) is 0 Å².